The van der Waals surface area contributed by atoms with E-state index in [9.17, 15) is 14.0 Å². The van der Waals surface area contributed by atoms with Gasteiger partial charge in [-0.15, -0.1) is 0 Å². The normalized spacial score (nSPS) is 10.9. The first-order valence-electron chi connectivity index (χ1n) is 7.22. The van der Waals surface area contributed by atoms with Crippen molar-refractivity contribution < 1.29 is 14.3 Å². The molecule has 6 heteroatoms. The lowest BCUT2D eigenvalue weighted by molar-refractivity contribution is -0.136. The second-order valence-corrected chi connectivity index (χ2v) is 5.91. The number of nitrogens with zero attached hydrogens (tertiary/aromatic N) is 1. The SMILES string of the molecule is O=C(O)Cc1cn(Cc2cccc(Cl)c2)c2ccc(F)cc2c1=O. The van der Waals surface area contributed by atoms with E-state index in [2.05, 4.69) is 0 Å². The number of rotatable bonds is 4. The van der Waals surface area contributed by atoms with E-state index < -0.39 is 23.6 Å². The minimum Gasteiger partial charge on any atom is -0.481 e. The molecular weight excluding hydrogens is 333 g/mol. The predicted octanol–water partition coefficient (Wildman–Crippen LogP) is 3.47. The van der Waals surface area contributed by atoms with Crippen LogP contribution in [0.15, 0.2) is 53.5 Å². The van der Waals surface area contributed by atoms with Gasteiger partial charge in [0.2, 0.25) is 0 Å². The number of aromatic nitrogens is 1. The van der Waals surface area contributed by atoms with Crippen LogP contribution in [0.1, 0.15) is 11.1 Å². The number of fused-ring (bicyclic) bond motifs is 1. The van der Waals surface area contributed by atoms with Crippen molar-refractivity contribution in [3.63, 3.8) is 0 Å². The number of carboxylic acid groups (broad SMARTS) is 1. The average molecular weight is 346 g/mol. The lowest BCUT2D eigenvalue weighted by Crippen LogP contribution is -2.18. The third-order valence-corrected chi connectivity index (χ3v) is 3.93. The van der Waals surface area contributed by atoms with Crippen molar-refractivity contribution in [3.8, 4) is 0 Å². The molecule has 0 bridgehead atoms. The van der Waals surface area contributed by atoms with Gasteiger partial charge in [0.25, 0.3) is 0 Å². The summed E-state index contributed by atoms with van der Waals surface area (Å²) in [7, 11) is 0. The molecule has 0 unspecified atom stereocenters. The maximum absolute atomic E-state index is 13.5. The highest BCUT2D eigenvalue weighted by Gasteiger charge is 2.13. The number of aliphatic carboxylic acids is 1. The van der Waals surface area contributed by atoms with E-state index in [4.69, 9.17) is 16.7 Å². The molecule has 0 spiro atoms. The molecule has 0 radical (unpaired) electrons. The molecule has 0 aliphatic rings. The van der Waals surface area contributed by atoms with Crippen molar-refractivity contribution in [3.05, 3.63) is 80.9 Å². The Morgan fingerprint density at radius 2 is 2.00 bits per heavy atom. The molecule has 4 nitrogen and oxygen atoms in total. The van der Waals surface area contributed by atoms with Crippen molar-refractivity contribution in [2.75, 3.05) is 0 Å². The molecular formula is C18H13ClFNO3. The van der Waals surface area contributed by atoms with Crippen LogP contribution in [-0.2, 0) is 17.8 Å². The number of hydrogen-bond donors (Lipinski definition) is 1. The molecule has 0 atom stereocenters. The molecule has 1 N–H and O–H groups in total. The van der Waals surface area contributed by atoms with Gasteiger partial charge in [0.05, 0.1) is 11.9 Å². The van der Waals surface area contributed by atoms with E-state index in [1.165, 1.54) is 18.3 Å². The van der Waals surface area contributed by atoms with E-state index in [1.54, 1.807) is 22.8 Å². The van der Waals surface area contributed by atoms with Crippen LogP contribution in [0.3, 0.4) is 0 Å². The van der Waals surface area contributed by atoms with Crippen LogP contribution in [0.4, 0.5) is 4.39 Å². The summed E-state index contributed by atoms with van der Waals surface area (Å²) in [5.41, 5.74) is 1.07. The smallest absolute Gasteiger partial charge is 0.308 e. The summed E-state index contributed by atoms with van der Waals surface area (Å²) in [6, 6.07) is 11.1. The number of benzene rings is 2. The second kappa shape index (κ2) is 6.45. The van der Waals surface area contributed by atoms with Gasteiger partial charge in [-0.1, -0.05) is 23.7 Å². The molecule has 3 aromatic rings. The number of carbonyl (C=O) groups is 1. The largest absolute Gasteiger partial charge is 0.481 e. The van der Waals surface area contributed by atoms with E-state index in [0.717, 1.165) is 11.6 Å². The fourth-order valence-corrected chi connectivity index (χ4v) is 2.89. The Morgan fingerprint density at radius 1 is 1.21 bits per heavy atom. The van der Waals surface area contributed by atoms with Crippen LogP contribution in [0, 0.1) is 5.82 Å². The zero-order valence-corrected chi connectivity index (χ0v) is 13.3. The predicted molar refractivity (Wildman–Crippen MR) is 90.1 cm³/mol. The molecule has 0 aliphatic heterocycles. The van der Waals surface area contributed by atoms with Gasteiger partial charge in [-0.25, -0.2) is 4.39 Å². The van der Waals surface area contributed by atoms with Crippen molar-refractivity contribution in [1.82, 2.24) is 4.57 Å². The molecule has 0 fully saturated rings. The molecule has 24 heavy (non-hydrogen) atoms. The van der Waals surface area contributed by atoms with Gasteiger partial charge in [0.1, 0.15) is 5.82 Å². The van der Waals surface area contributed by atoms with Gasteiger partial charge < -0.3 is 9.67 Å². The minimum atomic E-state index is -1.11. The average Bonchev–Trinajstić information content (AvgIpc) is 2.51. The van der Waals surface area contributed by atoms with Crippen LogP contribution in [0.5, 0.6) is 0 Å². The lowest BCUT2D eigenvalue weighted by atomic mass is 10.1. The third-order valence-electron chi connectivity index (χ3n) is 3.70. The zero-order chi connectivity index (χ0) is 17.3. The molecule has 122 valence electrons. The van der Waals surface area contributed by atoms with Crippen LogP contribution < -0.4 is 5.43 Å². The molecule has 1 aromatic heterocycles. The standard InChI is InChI=1S/C18H13ClFNO3/c19-13-3-1-2-11(6-13)9-21-10-12(7-17(22)23)18(24)15-8-14(20)4-5-16(15)21/h1-6,8,10H,7,9H2,(H,22,23). The highest BCUT2D eigenvalue weighted by molar-refractivity contribution is 6.30. The van der Waals surface area contributed by atoms with Gasteiger partial charge in [-0.2, -0.15) is 0 Å². The Balaban J connectivity index is 2.20. The number of carboxylic acids is 1. The highest BCUT2D eigenvalue weighted by atomic mass is 35.5. The summed E-state index contributed by atoms with van der Waals surface area (Å²) < 4.78 is 15.3. The first-order chi connectivity index (χ1) is 11.4. The van der Waals surface area contributed by atoms with Gasteiger partial charge >= 0.3 is 5.97 Å². The summed E-state index contributed by atoms with van der Waals surface area (Å²) >= 11 is 5.99. The Morgan fingerprint density at radius 3 is 2.71 bits per heavy atom. The number of pyridine rings is 1. The summed E-state index contributed by atoms with van der Waals surface area (Å²) in [4.78, 5) is 23.4. The Labute approximate surface area is 141 Å². The fraction of sp³-hybridized carbons (Fsp3) is 0.111. The van der Waals surface area contributed by atoms with Crippen LogP contribution in [-0.4, -0.2) is 15.6 Å². The van der Waals surface area contributed by atoms with Crippen molar-refractivity contribution in [1.29, 1.82) is 0 Å². The van der Waals surface area contributed by atoms with Crippen molar-refractivity contribution >= 4 is 28.5 Å². The summed E-state index contributed by atoms with van der Waals surface area (Å²) in [6.45, 7) is 0.385. The van der Waals surface area contributed by atoms with Crippen LogP contribution in [0.2, 0.25) is 5.02 Å². The Hall–Kier alpha value is -2.66. The van der Waals surface area contributed by atoms with E-state index >= 15 is 0 Å². The third kappa shape index (κ3) is 3.31. The van der Waals surface area contributed by atoms with Gasteiger partial charge in [0, 0.05) is 28.7 Å². The first-order valence-corrected chi connectivity index (χ1v) is 7.59. The Bertz CT molecular complexity index is 997. The maximum Gasteiger partial charge on any atom is 0.308 e. The summed E-state index contributed by atoms with van der Waals surface area (Å²) in [5, 5.41) is 9.74. The summed E-state index contributed by atoms with van der Waals surface area (Å²) in [6.07, 6.45) is 1.10. The van der Waals surface area contributed by atoms with Crippen molar-refractivity contribution in [2.45, 2.75) is 13.0 Å². The molecule has 2 aromatic carbocycles. The Kier molecular flexibility index (Phi) is 4.36. The summed E-state index contributed by atoms with van der Waals surface area (Å²) in [5.74, 6) is -1.65. The van der Waals surface area contributed by atoms with E-state index in [1.807, 2.05) is 6.07 Å². The van der Waals surface area contributed by atoms with Crippen molar-refractivity contribution in [2.24, 2.45) is 0 Å². The minimum absolute atomic E-state index is 0.114. The van der Waals surface area contributed by atoms with Gasteiger partial charge in [-0.3, -0.25) is 9.59 Å². The number of halogens is 2. The van der Waals surface area contributed by atoms with Crippen LogP contribution >= 0.6 is 11.6 Å². The second-order valence-electron chi connectivity index (χ2n) is 5.47. The van der Waals surface area contributed by atoms with Crippen LogP contribution in [0.25, 0.3) is 10.9 Å². The zero-order valence-electron chi connectivity index (χ0n) is 12.5. The van der Waals surface area contributed by atoms with E-state index in [0.29, 0.717) is 17.1 Å². The molecule has 3 rings (SSSR count). The van der Waals surface area contributed by atoms with E-state index in [-0.39, 0.29) is 10.9 Å². The molecule has 0 saturated carbocycles. The fourth-order valence-electron chi connectivity index (χ4n) is 2.68. The highest BCUT2D eigenvalue weighted by Crippen LogP contribution is 2.18. The molecule has 0 saturated heterocycles. The molecule has 0 aliphatic carbocycles. The molecule has 1 heterocycles. The molecule has 0 amide bonds. The van der Waals surface area contributed by atoms with Gasteiger partial charge in [0.15, 0.2) is 5.43 Å². The maximum atomic E-state index is 13.5. The lowest BCUT2D eigenvalue weighted by Gasteiger charge is -2.13. The monoisotopic (exact) mass is 345 g/mol. The number of hydrogen-bond acceptors (Lipinski definition) is 2. The topological polar surface area (TPSA) is 59.3 Å². The first kappa shape index (κ1) is 16.2. The quantitative estimate of drug-likeness (QED) is 0.787. The van der Waals surface area contributed by atoms with Gasteiger partial charge in [-0.05, 0) is 35.9 Å².